The Hall–Kier alpha value is -3.23. The Morgan fingerprint density at radius 1 is 0.952 bits per heavy atom. The Labute approximate surface area is 124 Å². The first-order valence-electron chi connectivity index (χ1n) is 6.33. The molecule has 21 heavy (non-hydrogen) atoms. The molecule has 2 aromatic carbocycles. The van der Waals surface area contributed by atoms with Crippen LogP contribution in [0.2, 0.25) is 0 Å². The van der Waals surface area contributed by atoms with Crippen molar-refractivity contribution < 1.29 is 4.79 Å². The SMILES string of the molecule is C#Cc1ccc(C#Cc2ccc(NC(=O)C=C)cc2)cc1. The lowest BCUT2D eigenvalue weighted by Crippen LogP contribution is -2.06. The molecule has 2 rings (SSSR count). The molecule has 0 saturated heterocycles. The summed E-state index contributed by atoms with van der Waals surface area (Å²) in [4.78, 5) is 11.2. The molecule has 0 fully saturated rings. The van der Waals surface area contributed by atoms with Crippen LogP contribution in [0.15, 0.2) is 61.2 Å². The van der Waals surface area contributed by atoms with Gasteiger partial charge in [0.15, 0.2) is 0 Å². The van der Waals surface area contributed by atoms with Crippen LogP contribution < -0.4 is 5.32 Å². The summed E-state index contributed by atoms with van der Waals surface area (Å²) in [5.74, 6) is 8.45. The van der Waals surface area contributed by atoms with E-state index in [1.165, 1.54) is 6.08 Å². The Balaban J connectivity index is 2.10. The average Bonchev–Trinajstić information content (AvgIpc) is 2.54. The zero-order valence-electron chi connectivity index (χ0n) is 11.4. The number of hydrogen-bond donors (Lipinski definition) is 1. The van der Waals surface area contributed by atoms with E-state index in [1.807, 2.05) is 36.4 Å². The van der Waals surface area contributed by atoms with Crippen molar-refractivity contribution in [3.63, 3.8) is 0 Å². The van der Waals surface area contributed by atoms with Gasteiger partial charge in [-0.15, -0.1) is 6.42 Å². The van der Waals surface area contributed by atoms with Gasteiger partial charge in [-0.1, -0.05) is 24.3 Å². The summed E-state index contributed by atoms with van der Waals surface area (Å²) in [6, 6.07) is 14.8. The van der Waals surface area contributed by atoms with E-state index in [0.29, 0.717) is 5.69 Å². The molecule has 0 bridgehead atoms. The summed E-state index contributed by atoms with van der Waals surface area (Å²) in [7, 11) is 0. The average molecular weight is 271 g/mol. The highest BCUT2D eigenvalue weighted by molar-refractivity contribution is 5.98. The van der Waals surface area contributed by atoms with Crippen molar-refractivity contribution in [2.45, 2.75) is 0 Å². The molecule has 1 N–H and O–H groups in total. The minimum absolute atomic E-state index is 0.234. The number of hydrogen-bond acceptors (Lipinski definition) is 1. The number of terminal acetylenes is 1. The largest absolute Gasteiger partial charge is 0.323 e. The van der Waals surface area contributed by atoms with Crippen molar-refractivity contribution in [2.24, 2.45) is 0 Å². The first-order chi connectivity index (χ1) is 10.2. The molecule has 0 saturated carbocycles. The molecule has 0 aliphatic rings. The molecule has 2 aromatic rings. The van der Waals surface area contributed by atoms with Crippen LogP contribution in [0, 0.1) is 24.2 Å². The van der Waals surface area contributed by atoms with E-state index in [9.17, 15) is 4.79 Å². The number of nitrogens with one attached hydrogen (secondary N) is 1. The van der Waals surface area contributed by atoms with Crippen LogP contribution in [0.1, 0.15) is 16.7 Å². The van der Waals surface area contributed by atoms with Crippen LogP contribution in [0.5, 0.6) is 0 Å². The summed E-state index contributed by atoms with van der Waals surface area (Å²) in [5.41, 5.74) is 3.32. The Bertz CT molecular complexity index is 750. The van der Waals surface area contributed by atoms with Crippen molar-refractivity contribution >= 4 is 11.6 Å². The highest BCUT2D eigenvalue weighted by Crippen LogP contribution is 2.09. The molecule has 0 heterocycles. The van der Waals surface area contributed by atoms with Gasteiger partial charge in [-0.2, -0.15) is 0 Å². The van der Waals surface area contributed by atoms with E-state index in [4.69, 9.17) is 6.42 Å². The number of amides is 1. The van der Waals surface area contributed by atoms with Gasteiger partial charge in [-0.05, 0) is 54.6 Å². The monoisotopic (exact) mass is 271 g/mol. The lowest BCUT2D eigenvalue weighted by molar-refractivity contribution is -0.111. The molecule has 0 spiro atoms. The minimum atomic E-state index is -0.234. The fraction of sp³-hybridized carbons (Fsp3) is 0. The number of carbonyl (C=O) groups is 1. The number of benzene rings is 2. The maximum Gasteiger partial charge on any atom is 0.247 e. The van der Waals surface area contributed by atoms with E-state index in [1.54, 1.807) is 12.1 Å². The fourth-order valence-electron chi connectivity index (χ4n) is 1.62. The Kier molecular flexibility index (Phi) is 4.59. The van der Waals surface area contributed by atoms with Crippen molar-refractivity contribution in [3.8, 4) is 24.2 Å². The second-order valence-corrected chi connectivity index (χ2v) is 4.24. The third kappa shape index (κ3) is 4.13. The molecular weight excluding hydrogens is 258 g/mol. The summed E-state index contributed by atoms with van der Waals surface area (Å²) in [6.07, 6.45) is 6.53. The first-order valence-corrected chi connectivity index (χ1v) is 6.33. The van der Waals surface area contributed by atoms with E-state index >= 15 is 0 Å². The zero-order chi connectivity index (χ0) is 15.1. The van der Waals surface area contributed by atoms with Gasteiger partial charge in [0.05, 0.1) is 0 Å². The summed E-state index contributed by atoms with van der Waals surface area (Å²) in [6.45, 7) is 3.40. The molecule has 0 aliphatic heterocycles. The molecular formula is C19H13NO. The summed E-state index contributed by atoms with van der Waals surface area (Å²) >= 11 is 0. The Morgan fingerprint density at radius 2 is 1.43 bits per heavy atom. The van der Waals surface area contributed by atoms with Crippen LogP contribution in [-0.2, 0) is 4.79 Å². The molecule has 0 aliphatic carbocycles. The summed E-state index contributed by atoms with van der Waals surface area (Å²) < 4.78 is 0. The molecule has 0 radical (unpaired) electrons. The van der Waals surface area contributed by atoms with Gasteiger partial charge in [-0.3, -0.25) is 4.79 Å². The van der Waals surface area contributed by atoms with Gasteiger partial charge in [0.25, 0.3) is 0 Å². The predicted molar refractivity (Wildman–Crippen MR) is 85.6 cm³/mol. The first kappa shape index (κ1) is 14.2. The molecule has 100 valence electrons. The second-order valence-electron chi connectivity index (χ2n) is 4.24. The van der Waals surface area contributed by atoms with Gasteiger partial charge in [0.2, 0.25) is 5.91 Å². The Morgan fingerprint density at radius 3 is 1.90 bits per heavy atom. The number of anilines is 1. The quantitative estimate of drug-likeness (QED) is 0.659. The highest BCUT2D eigenvalue weighted by atomic mass is 16.1. The third-order valence-electron chi connectivity index (χ3n) is 2.74. The van der Waals surface area contributed by atoms with Gasteiger partial charge >= 0.3 is 0 Å². The summed E-state index contributed by atoms with van der Waals surface area (Å²) in [5, 5.41) is 2.68. The van der Waals surface area contributed by atoms with Gasteiger partial charge in [0.1, 0.15) is 0 Å². The maximum atomic E-state index is 11.2. The van der Waals surface area contributed by atoms with E-state index in [-0.39, 0.29) is 5.91 Å². The lowest BCUT2D eigenvalue weighted by Gasteiger charge is -2.01. The molecule has 0 aromatic heterocycles. The molecule has 0 atom stereocenters. The maximum absolute atomic E-state index is 11.2. The number of rotatable bonds is 2. The van der Waals surface area contributed by atoms with Gasteiger partial charge < -0.3 is 5.32 Å². The van der Waals surface area contributed by atoms with Crippen molar-refractivity contribution in [1.82, 2.24) is 0 Å². The fourth-order valence-corrected chi connectivity index (χ4v) is 1.62. The predicted octanol–water partition coefficient (Wildman–Crippen LogP) is 3.19. The smallest absolute Gasteiger partial charge is 0.247 e. The molecule has 2 heteroatoms. The molecule has 0 unspecified atom stereocenters. The van der Waals surface area contributed by atoms with E-state index in [0.717, 1.165) is 16.7 Å². The van der Waals surface area contributed by atoms with Crippen molar-refractivity contribution in [3.05, 3.63) is 77.9 Å². The van der Waals surface area contributed by atoms with Crippen molar-refractivity contribution in [2.75, 3.05) is 5.32 Å². The lowest BCUT2D eigenvalue weighted by atomic mass is 10.1. The third-order valence-corrected chi connectivity index (χ3v) is 2.74. The van der Waals surface area contributed by atoms with Crippen LogP contribution in [-0.4, -0.2) is 5.91 Å². The van der Waals surface area contributed by atoms with E-state index < -0.39 is 0 Å². The van der Waals surface area contributed by atoms with Crippen LogP contribution >= 0.6 is 0 Å². The standard InChI is InChI=1S/C19H13NO/c1-3-15-5-7-16(8-6-15)9-10-17-11-13-18(14-12-17)20-19(21)4-2/h1,4-8,11-14H,2H2,(H,20,21). The van der Waals surface area contributed by atoms with Gasteiger partial charge in [0, 0.05) is 22.4 Å². The molecule has 1 amide bonds. The normalized spacial score (nSPS) is 8.90. The highest BCUT2D eigenvalue weighted by Gasteiger charge is 1.96. The number of carbonyl (C=O) groups excluding carboxylic acids is 1. The zero-order valence-corrected chi connectivity index (χ0v) is 11.4. The molecule has 2 nitrogen and oxygen atoms in total. The van der Waals surface area contributed by atoms with Crippen LogP contribution in [0.25, 0.3) is 0 Å². The topological polar surface area (TPSA) is 29.1 Å². The second kappa shape index (κ2) is 6.80. The van der Waals surface area contributed by atoms with E-state index in [2.05, 4.69) is 29.7 Å². The van der Waals surface area contributed by atoms with Crippen molar-refractivity contribution in [1.29, 1.82) is 0 Å². The van der Waals surface area contributed by atoms with Crippen LogP contribution in [0.4, 0.5) is 5.69 Å². The van der Waals surface area contributed by atoms with Crippen LogP contribution in [0.3, 0.4) is 0 Å². The minimum Gasteiger partial charge on any atom is -0.323 e. The van der Waals surface area contributed by atoms with Gasteiger partial charge in [-0.25, -0.2) is 0 Å².